The summed E-state index contributed by atoms with van der Waals surface area (Å²) < 4.78 is 8.93. The second-order valence-corrected chi connectivity index (χ2v) is 2.16. The summed E-state index contributed by atoms with van der Waals surface area (Å²) in [6.45, 7) is 3.44. The third kappa shape index (κ3) is 7.35. The van der Waals surface area contributed by atoms with E-state index in [-0.39, 0.29) is 49.1 Å². The Balaban J connectivity index is 0. The maximum atomic E-state index is 11.0. The van der Waals surface area contributed by atoms with Crippen LogP contribution in [-0.4, -0.2) is 37.6 Å². The van der Waals surface area contributed by atoms with E-state index >= 15 is 0 Å². The Kier molecular flexibility index (Phi) is 11.2. The van der Waals surface area contributed by atoms with Gasteiger partial charge < -0.3 is 19.6 Å². The average Bonchev–Trinajstić information content (AvgIpc) is 2.15. The first-order chi connectivity index (χ1) is 6.65. The van der Waals surface area contributed by atoms with Crippen LogP contribution >= 0.6 is 0 Å². The maximum absolute atomic E-state index is 11.0. The zero-order chi connectivity index (χ0) is 11.0. The van der Waals surface area contributed by atoms with E-state index in [4.69, 9.17) is 0 Å². The van der Waals surface area contributed by atoms with E-state index in [0.29, 0.717) is 0 Å². The van der Waals surface area contributed by atoms with Crippen LogP contribution in [0.2, 0.25) is 0 Å². The van der Waals surface area contributed by atoms with Crippen LogP contribution in [0.3, 0.4) is 0 Å². The third-order valence-electron chi connectivity index (χ3n) is 1.17. The Labute approximate surface area is 110 Å². The molecule has 80 valence electrons. The smallest absolute Gasteiger partial charge is 0.600 e. The minimum atomic E-state index is -1.42. The van der Waals surface area contributed by atoms with Crippen LogP contribution in [0, 0.1) is 0 Å². The molecule has 7 heteroatoms. The van der Waals surface area contributed by atoms with E-state index in [1.54, 1.807) is 13.8 Å². The van der Waals surface area contributed by atoms with E-state index in [9.17, 15) is 14.4 Å². The van der Waals surface area contributed by atoms with Crippen molar-refractivity contribution in [1.29, 1.82) is 0 Å². The summed E-state index contributed by atoms with van der Waals surface area (Å²) in [7, 11) is 0. The molecule has 15 heavy (non-hydrogen) atoms. The molecular formula is C8H12NNaO5. The molecule has 0 aromatic heterocycles. The second-order valence-electron chi connectivity index (χ2n) is 2.16. The molecule has 0 fully saturated rings. The van der Waals surface area contributed by atoms with Gasteiger partial charge in [0.15, 0.2) is 0 Å². The van der Waals surface area contributed by atoms with Crippen LogP contribution in [0.1, 0.15) is 13.8 Å². The van der Waals surface area contributed by atoms with Gasteiger partial charge in [-0.2, -0.15) is 0 Å². The molecule has 0 rings (SSSR count). The maximum Gasteiger partial charge on any atom is 1.00 e. The largest absolute Gasteiger partial charge is 1.00 e. The van der Waals surface area contributed by atoms with Gasteiger partial charge >= 0.3 is 29.6 Å². The van der Waals surface area contributed by atoms with Crippen molar-refractivity contribution < 1.29 is 53.4 Å². The van der Waals surface area contributed by atoms with Gasteiger partial charge in [0.05, 0.1) is 13.2 Å². The second kappa shape index (κ2) is 9.95. The fourth-order valence-electron chi connectivity index (χ4n) is 0.641. The van der Waals surface area contributed by atoms with Gasteiger partial charge in [0.1, 0.15) is 6.29 Å². The Hall–Kier alpha value is -0.590. The molecule has 0 aliphatic carbocycles. The summed E-state index contributed by atoms with van der Waals surface area (Å²) in [5, 5.41) is 3.20. The number of esters is 1. The Bertz CT molecular complexity index is 221. The molecule has 0 aromatic rings. The molecule has 0 bridgehead atoms. The summed E-state index contributed by atoms with van der Waals surface area (Å²) in [6, 6.07) is -1.42. The van der Waals surface area contributed by atoms with Gasteiger partial charge in [0.25, 0.3) is 5.97 Å². The van der Waals surface area contributed by atoms with E-state index in [0.717, 1.165) is 0 Å². The van der Waals surface area contributed by atoms with Crippen LogP contribution in [-0.2, 0) is 19.1 Å². The Morgan fingerprint density at radius 3 is 2.20 bits per heavy atom. The van der Waals surface area contributed by atoms with Crippen LogP contribution < -0.4 is 29.6 Å². The molecule has 0 saturated carbocycles. The van der Waals surface area contributed by atoms with Gasteiger partial charge in [-0.25, -0.2) is 0 Å². The molecule has 1 atom stereocenters. The molecule has 1 unspecified atom stereocenters. The predicted octanol–water partition coefficient (Wildman–Crippen LogP) is -2.35. The number of carbonyl (C=O) groups excluding carboxylic acids is 3. The minimum Gasteiger partial charge on any atom is -0.600 e. The number of ether oxygens (including phenoxy) is 2. The molecule has 1 amide bonds. The molecule has 0 aromatic carbocycles. The molecule has 0 spiro atoms. The first-order valence-corrected chi connectivity index (χ1v) is 4.15. The van der Waals surface area contributed by atoms with Crippen molar-refractivity contribution in [1.82, 2.24) is 0 Å². The van der Waals surface area contributed by atoms with Crippen molar-refractivity contribution in [2.24, 2.45) is 0 Å². The monoisotopic (exact) mass is 225 g/mol. The summed E-state index contributed by atoms with van der Waals surface area (Å²) in [5.41, 5.74) is 0. The standard InChI is InChI=1S/C8H13NO5.Na/c1-3-13-7(11)6(5-10)9-8(12)14-4-2;/h5-6H,3-4H2,1-2H3,(H,9,12);/q;+1/p-1. The Morgan fingerprint density at radius 1 is 1.27 bits per heavy atom. The van der Waals surface area contributed by atoms with Gasteiger partial charge in [0, 0.05) is 6.04 Å². The van der Waals surface area contributed by atoms with Crippen molar-refractivity contribution in [2.75, 3.05) is 13.2 Å². The van der Waals surface area contributed by atoms with Crippen LogP contribution in [0.15, 0.2) is 0 Å². The summed E-state index contributed by atoms with van der Waals surface area (Å²) in [6.07, 6.45) is -0.716. The zero-order valence-corrected chi connectivity index (χ0v) is 11.1. The summed E-state index contributed by atoms with van der Waals surface area (Å²) >= 11 is 0. The van der Waals surface area contributed by atoms with Crippen molar-refractivity contribution in [3.05, 3.63) is 5.32 Å². The van der Waals surface area contributed by atoms with E-state index < -0.39 is 18.1 Å². The van der Waals surface area contributed by atoms with Crippen molar-refractivity contribution >= 4 is 18.3 Å². The summed E-state index contributed by atoms with van der Waals surface area (Å²) in [5.74, 6) is -0.851. The van der Waals surface area contributed by atoms with Gasteiger partial charge in [-0.05, 0) is 13.8 Å². The minimum absolute atomic E-state index is 0. The first-order valence-electron chi connectivity index (χ1n) is 4.15. The molecule has 0 radical (unpaired) electrons. The Morgan fingerprint density at radius 2 is 1.80 bits per heavy atom. The number of aldehydes is 1. The predicted molar refractivity (Wildman–Crippen MR) is 46.9 cm³/mol. The van der Waals surface area contributed by atoms with E-state index in [2.05, 4.69) is 14.8 Å². The van der Waals surface area contributed by atoms with Gasteiger partial charge in [-0.15, -0.1) is 0 Å². The van der Waals surface area contributed by atoms with Gasteiger partial charge in [-0.1, -0.05) is 0 Å². The van der Waals surface area contributed by atoms with Gasteiger partial charge in [-0.3, -0.25) is 9.59 Å². The van der Waals surface area contributed by atoms with E-state index in [1.807, 2.05) is 0 Å². The molecule has 0 aliphatic heterocycles. The number of nitrogens with zero attached hydrogens (tertiary/aromatic N) is 1. The van der Waals surface area contributed by atoms with Crippen LogP contribution in [0.25, 0.3) is 5.32 Å². The topological polar surface area (TPSA) is 83.8 Å². The number of carbonyl (C=O) groups is 3. The van der Waals surface area contributed by atoms with Crippen molar-refractivity contribution in [3.8, 4) is 0 Å². The number of hydrogen-bond acceptors (Lipinski definition) is 5. The average molecular weight is 225 g/mol. The molecule has 0 N–H and O–H groups in total. The number of amides is 1. The molecule has 0 heterocycles. The normalized spacial score (nSPS) is 10.5. The quantitative estimate of drug-likeness (QED) is 0.226. The van der Waals surface area contributed by atoms with Crippen LogP contribution in [0.5, 0.6) is 0 Å². The van der Waals surface area contributed by atoms with Crippen LogP contribution in [0.4, 0.5) is 4.79 Å². The molecule has 6 nitrogen and oxygen atoms in total. The molecular weight excluding hydrogens is 213 g/mol. The SMILES string of the molecule is CCOC(=O)[N-]C(C=O)C(=O)OCC.[Na+]. The first kappa shape index (κ1) is 16.8. The number of rotatable bonds is 5. The van der Waals surface area contributed by atoms with Crippen molar-refractivity contribution in [3.63, 3.8) is 0 Å². The summed E-state index contributed by atoms with van der Waals surface area (Å²) in [4.78, 5) is 32.1. The molecule has 0 saturated heterocycles. The van der Waals surface area contributed by atoms with Crippen molar-refractivity contribution in [2.45, 2.75) is 19.9 Å². The fraction of sp³-hybridized carbons (Fsp3) is 0.625. The molecule has 0 aliphatic rings. The zero-order valence-electron chi connectivity index (χ0n) is 9.06. The fourth-order valence-corrected chi connectivity index (χ4v) is 0.641. The van der Waals surface area contributed by atoms with Gasteiger partial charge in [0.2, 0.25) is 6.09 Å². The third-order valence-corrected chi connectivity index (χ3v) is 1.17. The van der Waals surface area contributed by atoms with E-state index in [1.165, 1.54) is 0 Å². The number of hydrogen-bond donors (Lipinski definition) is 0.